The third kappa shape index (κ3) is 8.42. The zero-order chi connectivity index (χ0) is 9.07. The molecule has 0 spiro atoms. The summed E-state index contributed by atoms with van der Waals surface area (Å²) in [6.07, 6.45) is 5.95. The monoisotopic (exact) mass is 168 g/mol. The highest BCUT2D eigenvalue weighted by molar-refractivity contribution is 5.69. The standard InChI is InChI=1S/C8H12N2O2/c1-3-5-9-11-7-8-12-10-6-4-2/h3-6H,1-2,7-8H2. The van der Waals surface area contributed by atoms with Crippen LogP contribution in [-0.4, -0.2) is 25.6 Å². The van der Waals surface area contributed by atoms with Crippen LogP contribution < -0.4 is 0 Å². The lowest BCUT2D eigenvalue weighted by Gasteiger charge is -1.96. The molecule has 0 saturated carbocycles. The highest BCUT2D eigenvalue weighted by Crippen LogP contribution is 1.78. The molecular formula is C8H12N2O2. The van der Waals surface area contributed by atoms with Crippen molar-refractivity contribution in [1.82, 2.24) is 0 Å². The number of oxime groups is 2. The van der Waals surface area contributed by atoms with Gasteiger partial charge in [0, 0.05) is 0 Å². The minimum absolute atomic E-state index is 0.360. The maximum atomic E-state index is 4.73. The lowest BCUT2D eigenvalue weighted by Crippen LogP contribution is -1.96. The second-order valence-electron chi connectivity index (χ2n) is 1.65. The van der Waals surface area contributed by atoms with Crippen molar-refractivity contribution in [2.24, 2.45) is 10.3 Å². The summed E-state index contributed by atoms with van der Waals surface area (Å²) in [7, 11) is 0. The number of allylic oxidation sites excluding steroid dienone is 2. The van der Waals surface area contributed by atoms with Gasteiger partial charge in [0.05, 0.1) is 12.4 Å². The van der Waals surface area contributed by atoms with Crippen LogP contribution in [0.4, 0.5) is 0 Å². The first kappa shape index (κ1) is 10.4. The zero-order valence-corrected chi connectivity index (χ0v) is 6.85. The maximum absolute atomic E-state index is 4.73. The molecule has 0 unspecified atom stereocenters. The van der Waals surface area contributed by atoms with E-state index >= 15 is 0 Å². The van der Waals surface area contributed by atoms with Gasteiger partial charge in [0.1, 0.15) is 0 Å². The van der Waals surface area contributed by atoms with Gasteiger partial charge in [0.15, 0.2) is 13.2 Å². The molecule has 0 radical (unpaired) electrons. The molecule has 0 bridgehead atoms. The van der Waals surface area contributed by atoms with E-state index < -0.39 is 0 Å². The molecule has 0 aliphatic carbocycles. The van der Waals surface area contributed by atoms with E-state index in [1.807, 2.05) is 0 Å². The largest absolute Gasteiger partial charge is 0.392 e. The molecule has 0 aromatic heterocycles. The van der Waals surface area contributed by atoms with E-state index in [1.165, 1.54) is 24.6 Å². The highest BCUT2D eigenvalue weighted by atomic mass is 16.7. The van der Waals surface area contributed by atoms with Gasteiger partial charge in [-0.1, -0.05) is 23.5 Å². The van der Waals surface area contributed by atoms with Crippen molar-refractivity contribution in [3.8, 4) is 0 Å². The van der Waals surface area contributed by atoms with E-state index in [9.17, 15) is 0 Å². The maximum Gasteiger partial charge on any atom is 0.153 e. The van der Waals surface area contributed by atoms with Crippen molar-refractivity contribution in [1.29, 1.82) is 0 Å². The fourth-order valence-electron chi connectivity index (χ4n) is 0.352. The first-order valence-electron chi connectivity index (χ1n) is 3.44. The summed E-state index contributed by atoms with van der Waals surface area (Å²) in [6, 6.07) is 0. The molecule has 4 heteroatoms. The SMILES string of the molecule is C=CC=NOCCON=CC=C. The lowest BCUT2D eigenvalue weighted by molar-refractivity contribution is 0.0554. The van der Waals surface area contributed by atoms with E-state index in [0.29, 0.717) is 13.2 Å². The van der Waals surface area contributed by atoms with Crippen molar-refractivity contribution < 1.29 is 9.68 Å². The number of rotatable bonds is 7. The predicted octanol–water partition coefficient (Wildman–Crippen LogP) is 1.36. The van der Waals surface area contributed by atoms with Gasteiger partial charge in [-0.05, 0) is 12.2 Å². The minimum atomic E-state index is 0.360. The fourth-order valence-corrected chi connectivity index (χ4v) is 0.352. The topological polar surface area (TPSA) is 43.2 Å². The second-order valence-corrected chi connectivity index (χ2v) is 1.65. The molecule has 0 aliphatic rings. The summed E-state index contributed by atoms with van der Waals surface area (Å²) in [5.74, 6) is 0. The Morgan fingerprint density at radius 1 is 0.917 bits per heavy atom. The third-order valence-corrected chi connectivity index (χ3v) is 0.748. The van der Waals surface area contributed by atoms with Crippen LogP contribution in [0.25, 0.3) is 0 Å². The van der Waals surface area contributed by atoms with Crippen LogP contribution in [0.3, 0.4) is 0 Å². The third-order valence-electron chi connectivity index (χ3n) is 0.748. The van der Waals surface area contributed by atoms with Crippen LogP contribution in [0.15, 0.2) is 35.6 Å². The van der Waals surface area contributed by atoms with Crippen LogP contribution in [0.1, 0.15) is 0 Å². The Morgan fingerprint density at radius 2 is 1.33 bits per heavy atom. The zero-order valence-electron chi connectivity index (χ0n) is 6.85. The molecule has 0 amide bonds. The molecular weight excluding hydrogens is 156 g/mol. The molecule has 0 aromatic carbocycles. The van der Waals surface area contributed by atoms with E-state index in [-0.39, 0.29) is 0 Å². The van der Waals surface area contributed by atoms with E-state index in [0.717, 1.165) is 0 Å². The van der Waals surface area contributed by atoms with Gasteiger partial charge in [-0.2, -0.15) is 0 Å². The Kier molecular flexibility index (Phi) is 8.18. The summed E-state index contributed by atoms with van der Waals surface area (Å²) in [4.78, 5) is 9.46. The van der Waals surface area contributed by atoms with Crippen molar-refractivity contribution in [2.45, 2.75) is 0 Å². The van der Waals surface area contributed by atoms with Crippen LogP contribution in [0.5, 0.6) is 0 Å². The van der Waals surface area contributed by atoms with E-state index in [2.05, 4.69) is 23.5 Å². The molecule has 0 N–H and O–H groups in total. The lowest BCUT2D eigenvalue weighted by atomic mass is 10.7. The molecule has 0 aliphatic heterocycles. The fraction of sp³-hybridized carbons (Fsp3) is 0.250. The summed E-state index contributed by atoms with van der Waals surface area (Å²) < 4.78 is 0. The highest BCUT2D eigenvalue weighted by Gasteiger charge is 1.82. The molecule has 0 saturated heterocycles. The molecule has 0 aromatic rings. The average Bonchev–Trinajstić information content (AvgIpc) is 2.10. The Hall–Kier alpha value is -1.58. The quantitative estimate of drug-likeness (QED) is 0.327. The molecule has 12 heavy (non-hydrogen) atoms. The van der Waals surface area contributed by atoms with Crippen molar-refractivity contribution in [3.05, 3.63) is 25.3 Å². The number of hydrogen-bond donors (Lipinski definition) is 0. The van der Waals surface area contributed by atoms with Gasteiger partial charge < -0.3 is 9.68 Å². The van der Waals surface area contributed by atoms with Gasteiger partial charge in [0.25, 0.3) is 0 Å². The van der Waals surface area contributed by atoms with Crippen molar-refractivity contribution in [2.75, 3.05) is 13.2 Å². The molecule has 0 rings (SSSR count). The second kappa shape index (κ2) is 9.42. The van der Waals surface area contributed by atoms with Crippen LogP contribution in [0.2, 0.25) is 0 Å². The van der Waals surface area contributed by atoms with Gasteiger partial charge in [0.2, 0.25) is 0 Å². The van der Waals surface area contributed by atoms with E-state index in [4.69, 9.17) is 9.68 Å². The van der Waals surface area contributed by atoms with Gasteiger partial charge in [-0.3, -0.25) is 0 Å². The molecule has 66 valence electrons. The van der Waals surface area contributed by atoms with E-state index in [1.54, 1.807) is 0 Å². The van der Waals surface area contributed by atoms with Crippen LogP contribution in [0, 0.1) is 0 Å². The van der Waals surface area contributed by atoms with Gasteiger partial charge >= 0.3 is 0 Å². The van der Waals surface area contributed by atoms with Crippen molar-refractivity contribution >= 4 is 12.4 Å². The van der Waals surface area contributed by atoms with Crippen LogP contribution in [-0.2, 0) is 9.68 Å². The van der Waals surface area contributed by atoms with Crippen molar-refractivity contribution in [3.63, 3.8) is 0 Å². The smallest absolute Gasteiger partial charge is 0.153 e. The molecule has 4 nitrogen and oxygen atoms in total. The Morgan fingerprint density at radius 3 is 1.67 bits per heavy atom. The minimum Gasteiger partial charge on any atom is -0.392 e. The Bertz CT molecular complexity index is 156. The van der Waals surface area contributed by atoms with Gasteiger partial charge in [-0.25, -0.2) is 0 Å². The average molecular weight is 168 g/mol. The van der Waals surface area contributed by atoms with Gasteiger partial charge in [-0.15, -0.1) is 0 Å². The first-order chi connectivity index (χ1) is 5.91. The Balaban J connectivity index is 3.10. The molecule has 0 heterocycles. The molecule has 0 fully saturated rings. The molecule has 0 atom stereocenters. The van der Waals surface area contributed by atoms with Crippen LogP contribution >= 0.6 is 0 Å². The predicted molar refractivity (Wildman–Crippen MR) is 49.3 cm³/mol. The summed E-state index contributed by atoms with van der Waals surface area (Å²) in [5.41, 5.74) is 0. The summed E-state index contributed by atoms with van der Waals surface area (Å²) in [5, 5.41) is 7.03. The first-order valence-corrected chi connectivity index (χ1v) is 3.44. The normalized spacial score (nSPS) is 10.3. The summed E-state index contributed by atoms with van der Waals surface area (Å²) in [6.45, 7) is 7.57. The summed E-state index contributed by atoms with van der Waals surface area (Å²) >= 11 is 0. The Labute approximate surface area is 71.8 Å². The number of hydrogen-bond acceptors (Lipinski definition) is 4. The number of nitrogens with zero attached hydrogens (tertiary/aromatic N) is 2.